The highest BCUT2D eigenvalue weighted by molar-refractivity contribution is 5.82. The standard InChI is InChI=1S/C12H24N2O/c1-9(2)10(13)11(15)14-7-5-6-12(3,4)8-14/h9-10H,5-8,13H2,1-4H3/t10-/m0/s1. The second-order valence-electron chi connectivity index (χ2n) is 5.80. The zero-order valence-electron chi connectivity index (χ0n) is 10.4. The van der Waals surface area contributed by atoms with E-state index in [0.29, 0.717) is 0 Å². The van der Waals surface area contributed by atoms with Crippen molar-refractivity contribution >= 4 is 5.91 Å². The van der Waals surface area contributed by atoms with E-state index >= 15 is 0 Å². The third kappa shape index (κ3) is 3.20. The van der Waals surface area contributed by atoms with Gasteiger partial charge in [-0.05, 0) is 24.2 Å². The van der Waals surface area contributed by atoms with Gasteiger partial charge < -0.3 is 10.6 Å². The maximum Gasteiger partial charge on any atom is 0.239 e. The van der Waals surface area contributed by atoms with Crippen molar-refractivity contribution in [2.45, 2.75) is 46.6 Å². The van der Waals surface area contributed by atoms with Crippen molar-refractivity contribution in [1.29, 1.82) is 0 Å². The van der Waals surface area contributed by atoms with E-state index in [4.69, 9.17) is 5.73 Å². The second kappa shape index (κ2) is 4.52. The monoisotopic (exact) mass is 212 g/mol. The Hall–Kier alpha value is -0.570. The van der Waals surface area contributed by atoms with Gasteiger partial charge in [0.1, 0.15) is 0 Å². The summed E-state index contributed by atoms with van der Waals surface area (Å²) in [5, 5.41) is 0. The van der Waals surface area contributed by atoms with E-state index in [1.807, 2.05) is 18.7 Å². The van der Waals surface area contributed by atoms with Crippen molar-refractivity contribution in [1.82, 2.24) is 4.90 Å². The lowest BCUT2D eigenvalue weighted by molar-refractivity contribution is -0.136. The van der Waals surface area contributed by atoms with Crippen LogP contribution in [-0.2, 0) is 4.79 Å². The van der Waals surface area contributed by atoms with Gasteiger partial charge in [-0.1, -0.05) is 27.7 Å². The summed E-state index contributed by atoms with van der Waals surface area (Å²) in [5.41, 5.74) is 6.14. The van der Waals surface area contributed by atoms with E-state index in [-0.39, 0.29) is 23.3 Å². The first-order chi connectivity index (χ1) is 6.83. The summed E-state index contributed by atoms with van der Waals surface area (Å²) in [6.07, 6.45) is 2.30. The highest BCUT2D eigenvalue weighted by Gasteiger charge is 2.31. The van der Waals surface area contributed by atoms with Gasteiger partial charge >= 0.3 is 0 Å². The first-order valence-corrected chi connectivity index (χ1v) is 5.88. The lowest BCUT2D eigenvalue weighted by Gasteiger charge is -2.39. The molecule has 1 amide bonds. The predicted molar refractivity (Wildman–Crippen MR) is 62.4 cm³/mol. The Morgan fingerprint density at radius 2 is 2.00 bits per heavy atom. The molecule has 1 fully saturated rings. The minimum absolute atomic E-state index is 0.123. The summed E-state index contributed by atoms with van der Waals surface area (Å²) >= 11 is 0. The van der Waals surface area contributed by atoms with Crippen LogP contribution < -0.4 is 5.73 Å². The molecule has 0 aromatic carbocycles. The molecule has 88 valence electrons. The van der Waals surface area contributed by atoms with E-state index in [1.165, 1.54) is 6.42 Å². The Kier molecular flexibility index (Phi) is 3.77. The first kappa shape index (κ1) is 12.5. The lowest BCUT2D eigenvalue weighted by atomic mass is 9.83. The van der Waals surface area contributed by atoms with Gasteiger partial charge in [-0.3, -0.25) is 4.79 Å². The fourth-order valence-corrected chi connectivity index (χ4v) is 2.11. The van der Waals surface area contributed by atoms with Crippen LogP contribution in [0.1, 0.15) is 40.5 Å². The molecule has 1 heterocycles. The minimum Gasteiger partial charge on any atom is -0.341 e. The minimum atomic E-state index is -0.334. The molecule has 0 spiro atoms. The summed E-state index contributed by atoms with van der Waals surface area (Å²) in [7, 11) is 0. The molecule has 15 heavy (non-hydrogen) atoms. The molecule has 3 nitrogen and oxygen atoms in total. The summed E-state index contributed by atoms with van der Waals surface area (Å²) in [4.78, 5) is 14.0. The maximum absolute atomic E-state index is 12.0. The topological polar surface area (TPSA) is 46.3 Å². The molecular weight excluding hydrogens is 188 g/mol. The van der Waals surface area contributed by atoms with Crippen LogP contribution in [0.4, 0.5) is 0 Å². The number of amides is 1. The van der Waals surface area contributed by atoms with Gasteiger partial charge in [0.15, 0.2) is 0 Å². The molecule has 1 rings (SSSR count). The summed E-state index contributed by atoms with van der Waals surface area (Å²) in [6, 6.07) is -0.334. The quantitative estimate of drug-likeness (QED) is 0.756. The number of likely N-dealkylation sites (tertiary alicyclic amines) is 1. The van der Waals surface area contributed by atoms with E-state index in [0.717, 1.165) is 19.5 Å². The van der Waals surface area contributed by atoms with Crippen molar-refractivity contribution in [2.24, 2.45) is 17.1 Å². The predicted octanol–water partition coefficient (Wildman–Crippen LogP) is 1.62. The van der Waals surface area contributed by atoms with E-state index in [9.17, 15) is 4.79 Å². The highest BCUT2D eigenvalue weighted by atomic mass is 16.2. The summed E-state index contributed by atoms with van der Waals surface area (Å²) in [5.74, 6) is 0.348. The van der Waals surface area contributed by atoms with E-state index in [1.54, 1.807) is 0 Å². The Labute approximate surface area is 93.0 Å². The van der Waals surface area contributed by atoms with Crippen molar-refractivity contribution in [3.05, 3.63) is 0 Å². The fourth-order valence-electron chi connectivity index (χ4n) is 2.11. The molecular formula is C12H24N2O. The number of nitrogens with zero attached hydrogens (tertiary/aromatic N) is 1. The molecule has 0 radical (unpaired) electrons. The summed E-state index contributed by atoms with van der Waals surface area (Å²) < 4.78 is 0. The Bertz CT molecular complexity index is 236. The van der Waals surface area contributed by atoms with Crippen LogP contribution >= 0.6 is 0 Å². The molecule has 0 bridgehead atoms. The van der Waals surface area contributed by atoms with Crippen molar-refractivity contribution in [3.8, 4) is 0 Å². The second-order valence-corrected chi connectivity index (χ2v) is 5.80. The number of hydrogen-bond donors (Lipinski definition) is 1. The molecule has 1 aliphatic rings. The van der Waals surface area contributed by atoms with Crippen molar-refractivity contribution in [2.75, 3.05) is 13.1 Å². The first-order valence-electron chi connectivity index (χ1n) is 5.88. The molecule has 1 saturated heterocycles. The molecule has 2 N–H and O–H groups in total. The van der Waals surface area contributed by atoms with Gasteiger partial charge in [0.25, 0.3) is 0 Å². The third-order valence-corrected chi connectivity index (χ3v) is 3.22. The van der Waals surface area contributed by atoms with Crippen LogP contribution in [-0.4, -0.2) is 29.9 Å². The Morgan fingerprint density at radius 3 is 2.47 bits per heavy atom. The Balaban J connectivity index is 2.60. The van der Waals surface area contributed by atoms with Gasteiger partial charge in [-0.2, -0.15) is 0 Å². The SMILES string of the molecule is CC(C)[C@H](N)C(=O)N1CCCC(C)(C)C1. The zero-order valence-corrected chi connectivity index (χ0v) is 10.4. The van der Waals surface area contributed by atoms with Gasteiger partial charge in [-0.25, -0.2) is 0 Å². The van der Waals surface area contributed by atoms with Gasteiger partial charge in [0.05, 0.1) is 6.04 Å². The average Bonchev–Trinajstić information content (AvgIpc) is 2.13. The van der Waals surface area contributed by atoms with E-state index < -0.39 is 0 Å². The molecule has 3 heteroatoms. The fraction of sp³-hybridized carbons (Fsp3) is 0.917. The van der Waals surface area contributed by atoms with E-state index in [2.05, 4.69) is 13.8 Å². The zero-order chi connectivity index (χ0) is 11.6. The van der Waals surface area contributed by atoms with Crippen molar-refractivity contribution in [3.63, 3.8) is 0 Å². The number of piperidine rings is 1. The molecule has 0 aliphatic carbocycles. The van der Waals surface area contributed by atoms with Crippen LogP contribution in [0.15, 0.2) is 0 Å². The maximum atomic E-state index is 12.0. The van der Waals surface area contributed by atoms with Crippen LogP contribution in [0.3, 0.4) is 0 Å². The molecule has 1 aliphatic heterocycles. The largest absolute Gasteiger partial charge is 0.341 e. The molecule has 0 aromatic rings. The van der Waals surface area contributed by atoms with Gasteiger partial charge in [0.2, 0.25) is 5.91 Å². The lowest BCUT2D eigenvalue weighted by Crippen LogP contribution is -2.51. The van der Waals surface area contributed by atoms with Gasteiger partial charge in [-0.15, -0.1) is 0 Å². The van der Waals surface area contributed by atoms with Gasteiger partial charge in [0, 0.05) is 13.1 Å². The number of nitrogens with two attached hydrogens (primary N) is 1. The summed E-state index contributed by atoms with van der Waals surface area (Å²) in [6.45, 7) is 10.2. The van der Waals surface area contributed by atoms with Crippen LogP contribution in [0.2, 0.25) is 0 Å². The normalized spacial score (nSPS) is 22.9. The molecule has 0 saturated carbocycles. The molecule has 0 aromatic heterocycles. The highest BCUT2D eigenvalue weighted by Crippen LogP contribution is 2.28. The van der Waals surface area contributed by atoms with Crippen LogP contribution in [0.25, 0.3) is 0 Å². The number of hydrogen-bond acceptors (Lipinski definition) is 2. The average molecular weight is 212 g/mol. The number of rotatable bonds is 2. The number of carbonyl (C=O) groups excluding carboxylic acids is 1. The van der Waals surface area contributed by atoms with Crippen molar-refractivity contribution < 1.29 is 4.79 Å². The van der Waals surface area contributed by atoms with Crippen LogP contribution in [0.5, 0.6) is 0 Å². The molecule has 1 atom stereocenters. The smallest absolute Gasteiger partial charge is 0.239 e. The Morgan fingerprint density at radius 1 is 1.40 bits per heavy atom. The van der Waals surface area contributed by atoms with Crippen LogP contribution in [0, 0.1) is 11.3 Å². The third-order valence-electron chi connectivity index (χ3n) is 3.22. The molecule has 0 unspecified atom stereocenters. The number of carbonyl (C=O) groups is 1.